The van der Waals surface area contributed by atoms with Crippen molar-refractivity contribution in [2.45, 2.75) is 58.4 Å². The number of Topliss-reactive ketones (excluding diaryl/α,β-unsaturated/α-hetero) is 1. The summed E-state index contributed by atoms with van der Waals surface area (Å²) < 4.78 is 2.02. The highest BCUT2D eigenvalue weighted by molar-refractivity contribution is 5.81. The Morgan fingerprint density at radius 1 is 1.53 bits per heavy atom. The fourth-order valence-electron chi connectivity index (χ4n) is 2.44. The van der Waals surface area contributed by atoms with E-state index in [4.69, 9.17) is 0 Å². The predicted octanol–water partition coefficient (Wildman–Crippen LogP) is 3.16. The highest BCUT2D eigenvalue weighted by Crippen LogP contribution is 2.23. The molecule has 3 nitrogen and oxygen atoms in total. The Bertz CT molecular complexity index is 383. The summed E-state index contributed by atoms with van der Waals surface area (Å²) in [5.41, 5.74) is 1.07. The molecule has 2 atom stereocenters. The number of aromatic nitrogens is 2. The lowest BCUT2D eigenvalue weighted by atomic mass is 9.85. The van der Waals surface area contributed by atoms with E-state index in [0.717, 1.165) is 37.8 Å². The normalized spacial score (nSPS) is 22.7. The van der Waals surface area contributed by atoms with Crippen molar-refractivity contribution in [3.8, 4) is 0 Å². The van der Waals surface area contributed by atoms with E-state index in [2.05, 4.69) is 25.0 Å². The molecule has 0 saturated heterocycles. The average Bonchev–Trinajstić information content (AvgIpc) is 2.80. The van der Waals surface area contributed by atoms with Crippen LogP contribution in [0.1, 0.15) is 57.7 Å². The second-order valence-corrected chi connectivity index (χ2v) is 5.16. The van der Waals surface area contributed by atoms with Crippen LogP contribution >= 0.6 is 0 Å². The van der Waals surface area contributed by atoms with Crippen LogP contribution in [0.3, 0.4) is 0 Å². The maximum Gasteiger partial charge on any atom is 0.136 e. The first-order valence-corrected chi connectivity index (χ1v) is 6.77. The van der Waals surface area contributed by atoms with Crippen molar-refractivity contribution < 1.29 is 4.79 Å². The first kappa shape index (κ1) is 12.3. The Morgan fingerprint density at radius 3 is 3.06 bits per heavy atom. The van der Waals surface area contributed by atoms with Gasteiger partial charge in [0.15, 0.2) is 0 Å². The van der Waals surface area contributed by atoms with Crippen LogP contribution in [-0.2, 0) is 11.2 Å². The summed E-state index contributed by atoms with van der Waals surface area (Å²) >= 11 is 0. The predicted molar refractivity (Wildman–Crippen MR) is 67.9 cm³/mol. The molecule has 0 N–H and O–H groups in total. The summed E-state index contributed by atoms with van der Waals surface area (Å²) in [5, 5.41) is 4.57. The van der Waals surface area contributed by atoms with Crippen molar-refractivity contribution in [1.29, 1.82) is 0 Å². The fraction of sp³-hybridized carbons (Fsp3) is 0.714. The molecule has 1 aromatic heterocycles. The summed E-state index contributed by atoms with van der Waals surface area (Å²) in [6, 6.07) is 2.51. The lowest BCUT2D eigenvalue weighted by Crippen LogP contribution is -2.21. The summed E-state index contributed by atoms with van der Waals surface area (Å²) in [7, 11) is 0. The summed E-state index contributed by atoms with van der Waals surface area (Å²) in [4.78, 5) is 11.8. The minimum atomic E-state index is 0.226. The van der Waals surface area contributed by atoms with Gasteiger partial charge in [-0.25, -0.2) is 0 Å². The number of hydrogen-bond acceptors (Lipinski definition) is 2. The molecule has 1 aromatic rings. The van der Waals surface area contributed by atoms with Gasteiger partial charge in [-0.2, -0.15) is 5.10 Å². The molecular formula is C14H22N2O. The molecule has 0 aromatic carbocycles. The van der Waals surface area contributed by atoms with E-state index in [0.29, 0.717) is 11.8 Å². The van der Waals surface area contributed by atoms with Gasteiger partial charge in [0.25, 0.3) is 0 Å². The zero-order valence-corrected chi connectivity index (χ0v) is 10.9. The van der Waals surface area contributed by atoms with E-state index in [1.165, 1.54) is 6.42 Å². The van der Waals surface area contributed by atoms with Gasteiger partial charge in [-0.05, 0) is 32.3 Å². The van der Waals surface area contributed by atoms with E-state index in [1.54, 1.807) is 0 Å². The van der Waals surface area contributed by atoms with Crippen molar-refractivity contribution in [2.75, 3.05) is 0 Å². The molecule has 0 bridgehead atoms. The summed E-state index contributed by atoms with van der Waals surface area (Å²) in [6.07, 6.45) is 8.06. The van der Waals surface area contributed by atoms with Gasteiger partial charge in [0, 0.05) is 31.0 Å². The lowest BCUT2D eigenvalue weighted by molar-refractivity contribution is -0.124. The molecule has 1 saturated carbocycles. The van der Waals surface area contributed by atoms with Gasteiger partial charge in [-0.1, -0.05) is 13.3 Å². The maximum atomic E-state index is 11.8. The Balaban J connectivity index is 1.98. The van der Waals surface area contributed by atoms with Crippen LogP contribution in [0.15, 0.2) is 12.3 Å². The van der Waals surface area contributed by atoms with Gasteiger partial charge >= 0.3 is 0 Å². The van der Waals surface area contributed by atoms with Gasteiger partial charge in [-0.15, -0.1) is 0 Å². The van der Waals surface area contributed by atoms with E-state index in [-0.39, 0.29) is 5.92 Å². The molecule has 0 amide bonds. The molecule has 2 unspecified atom stereocenters. The first-order chi connectivity index (χ1) is 8.20. The molecule has 1 aliphatic rings. The highest BCUT2D eigenvalue weighted by Gasteiger charge is 2.23. The first-order valence-electron chi connectivity index (χ1n) is 6.77. The Morgan fingerprint density at radius 2 is 2.35 bits per heavy atom. The lowest BCUT2D eigenvalue weighted by Gasteiger charge is -2.19. The maximum absolute atomic E-state index is 11.8. The third-order valence-electron chi connectivity index (χ3n) is 3.84. The molecular weight excluding hydrogens is 212 g/mol. The third kappa shape index (κ3) is 2.96. The van der Waals surface area contributed by atoms with Gasteiger partial charge in [0.2, 0.25) is 0 Å². The molecule has 2 rings (SSSR count). The van der Waals surface area contributed by atoms with Crippen molar-refractivity contribution in [2.24, 2.45) is 5.92 Å². The quantitative estimate of drug-likeness (QED) is 0.802. The van der Waals surface area contributed by atoms with E-state index < -0.39 is 0 Å². The highest BCUT2D eigenvalue weighted by atomic mass is 16.1. The van der Waals surface area contributed by atoms with Gasteiger partial charge < -0.3 is 0 Å². The SMILES string of the molecule is CCC(C)n1ccc(CC2CCCCC2=O)n1. The monoisotopic (exact) mass is 234 g/mol. The number of carbonyl (C=O) groups excluding carboxylic acids is 1. The van der Waals surface area contributed by atoms with Crippen molar-refractivity contribution >= 4 is 5.78 Å². The number of hydrogen-bond donors (Lipinski definition) is 0. The average molecular weight is 234 g/mol. The van der Waals surface area contributed by atoms with Gasteiger partial charge in [-0.3, -0.25) is 9.48 Å². The van der Waals surface area contributed by atoms with E-state index in [9.17, 15) is 4.79 Å². The van der Waals surface area contributed by atoms with Crippen LogP contribution < -0.4 is 0 Å². The Hall–Kier alpha value is -1.12. The molecule has 1 fully saturated rings. The van der Waals surface area contributed by atoms with Crippen LogP contribution in [0.25, 0.3) is 0 Å². The minimum absolute atomic E-state index is 0.226. The minimum Gasteiger partial charge on any atom is -0.299 e. The molecule has 0 radical (unpaired) electrons. The van der Waals surface area contributed by atoms with Crippen LogP contribution in [0.4, 0.5) is 0 Å². The Labute approximate surface area is 103 Å². The molecule has 0 aliphatic heterocycles. The zero-order chi connectivity index (χ0) is 12.3. The van der Waals surface area contributed by atoms with Gasteiger partial charge in [0.05, 0.1) is 5.69 Å². The molecule has 94 valence electrons. The largest absolute Gasteiger partial charge is 0.299 e. The molecule has 1 aliphatic carbocycles. The van der Waals surface area contributed by atoms with Gasteiger partial charge in [0.1, 0.15) is 5.78 Å². The Kier molecular flexibility index (Phi) is 3.97. The number of nitrogens with zero attached hydrogens (tertiary/aromatic N) is 2. The van der Waals surface area contributed by atoms with Crippen molar-refractivity contribution in [3.05, 3.63) is 18.0 Å². The zero-order valence-electron chi connectivity index (χ0n) is 10.9. The smallest absolute Gasteiger partial charge is 0.136 e. The topological polar surface area (TPSA) is 34.9 Å². The number of rotatable bonds is 4. The number of ketones is 1. The summed E-state index contributed by atoms with van der Waals surface area (Å²) in [6.45, 7) is 4.33. The van der Waals surface area contributed by atoms with Crippen molar-refractivity contribution in [1.82, 2.24) is 9.78 Å². The van der Waals surface area contributed by atoms with E-state index >= 15 is 0 Å². The number of carbonyl (C=O) groups is 1. The molecule has 17 heavy (non-hydrogen) atoms. The molecule has 0 spiro atoms. The fourth-order valence-corrected chi connectivity index (χ4v) is 2.44. The standard InChI is InChI=1S/C14H22N2O/c1-3-11(2)16-9-8-13(15-16)10-12-6-4-5-7-14(12)17/h8-9,11-12H,3-7,10H2,1-2H3. The third-order valence-corrected chi connectivity index (χ3v) is 3.84. The molecule has 1 heterocycles. The van der Waals surface area contributed by atoms with Crippen LogP contribution in [0.5, 0.6) is 0 Å². The van der Waals surface area contributed by atoms with E-state index in [1.807, 2.05) is 10.9 Å². The van der Waals surface area contributed by atoms with Crippen LogP contribution in [0.2, 0.25) is 0 Å². The summed E-state index contributed by atoms with van der Waals surface area (Å²) in [5.74, 6) is 0.665. The van der Waals surface area contributed by atoms with Crippen LogP contribution in [0, 0.1) is 5.92 Å². The second kappa shape index (κ2) is 5.48. The second-order valence-electron chi connectivity index (χ2n) is 5.16. The van der Waals surface area contributed by atoms with Crippen LogP contribution in [-0.4, -0.2) is 15.6 Å². The van der Waals surface area contributed by atoms with Crippen molar-refractivity contribution in [3.63, 3.8) is 0 Å². The molecule has 3 heteroatoms.